The van der Waals surface area contributed by atoms with E-state index < -0.39 is 11.7 Å². The van der Waals surface area contributed by atoms with Crippen molar-refractivity contribution in [3.63, 3.8) is 0 Å². The van der Waals surface area contributed by atoms with E-state index in [1.54, 1.807) is 0 Å². The number of hydrogen-bond acceptors (Lipinski definition) is 3. The van der Waals surface area contributed by atoms with Crippen LogP contribution in [0, 0.1) is 0 Å². The number of pyridine rings is 2. The maximum absolute atomic E-state index is 12.7. The summed E-state index contributed by atoms with van der Waals surface area (Å²) < 4.78 is 38.2. The van der Waals surface area contributed by atoms with E-state index in [1.807, 2.05) is 42.7 Å². The lowest BCUT2D eigenvalue weighted by Gasteiger charge is -2.24. The normalized spacial score (nSPS) is 17.6. The van der Waals surface area contributed by atoms with E-state index in [0.29, 0.717) is 6.42 Å². The van der Waals surface area contributed by atoms with Gasteiger partial charge >= 0.3 is 6.18 Å². The first-order valence-corrected chi connectivity index (χ1v) is 9.74. The van der Waals surface area contributed by atoms with Gasteiger partial charge in [0.05, 0.1) is 17.3 Å². The van der Waals surface area contributed by atoms with Crippen molar-refractivity contribution in [2.24, 2.45) is 0 Å². The van der Waals surface area contributed by atoms with Crippen molar-refractivity contribution in [2.75, 3.05) is 6.54 Å². The Morgan fingerprint density at radius 2 is 1.69 bits per heavy atom. The molecule has 1 aromatic carbocycles. The van der Waals surface area contributed by atoms with Gasteiger partial charge in [-0.05, 0) is 66.9 Å². The average molecular weight is 397 g/mol. The first-order chi connectivity index (χ1) is 14.0. The third kappa shape index (κ3) is 4.82. The van der Waals surface area contributed by atoms with Crippen LogP contribution >= 0.6 is 0 Å². The van der Waals surface area contributed by atoms with Crippen LogP contribution in [0.5, 0.6) is 0 Å². The molecular formula is C23H22F3N3. The molecule has 0 N–H and O–H groups in total. The van der Waals surface area contributed by atoms with Crippen molar-refractivity contribution in [3.05, 3.63) is 95.1 Å². The molecule has 0 radical (unpaired) electrons. The zero-order chi connectivity index (χ0) is 20.3. The fourth-order valence-electron chi connectivity index (χ4n) is 3.88. The molecule has 6 heteroatoms. The molecule has 0 spiro atoms. The van der Waals surface area contributed by atoms with Crippen LogP contribution < -0.4 is 0 Å². The summed E-state index contributed by atoms with van der Waals surface area (Å²) in [5.41, 5.74) is 3.33. The highest BCUT2D eigenvalue weighted by molar-refractivity contribution is 5.28. The van der Waals surface area contributed by atoms with Gasteiger partial charge in [-0.3, -0.25) is 14.9 Å². The Kier molecular flexibility index (Phi) is 5.62. The predicted molar refractivity (Wildman–Crippen MR) is 105 cm³/mol. The third-order valence-electron chi connectivity index (χ3n) is 5.33. The minimum Gasteiger partial charge on any atom is -0.291 e. The Bertz CT molecular complexity index is 940. The Labute approximate surface area is 168 Å². The second kappa shape index (κ2) is 8.33. The van der Waals surface area contributed by atoms with Crippen molar-refractivity contribution < 1.29 is 13.2 Å². The number of likely N-dealkylation sites (tertiary alicyclic amines) is 1. The Balaban J connectivity index is 1.48. The summed E-state index contributed by atoms with van der Waals surface area (Å²) in [4.78, 5) is 11.3. The van der Waals surface area contributed by atoms with Gasteiger partial charge in [-0.15, -0.1) is 0 Å². The molecule has 3 nitrogen and oxygen atoms in total. The maximum Gasteiger partial charge on any atom is 0.416 e. The summed E-state index contributed by atoms with van der Waals surface area (Å²) in [6, 6.07) is 15.6. The lowest BCUT2D eigenvalue weighted by Crippen LogP contribution is -2.23. The van der Waals surface area contributed by atoms with Crippen LogP contribution in [0.1, 0.15) is 47.0 Å². The molecule has 1 saturated heterocycles. The van der Waals surface area contributed by atoms with Crippen LogP contribution in [0.4, 0.5) is 13.2 Å². The smallest absolute Gasteiger partial charge is 0.291 e. The molecular weight excluding hydrogens is 375 g/mol. The average Bonchev–Trinajstić information content (AvgIpc) is 3.17. The Hall–Kier alpha value is -2.73. The SMILES string of the molecule is FC(F)(F)c1ccc(Cc2cccc([C@H]3CCCN3Cc3ccncc3)n2)cc1. The number of rotatable bonds is 5. The third-order valence-corrected chi connectivity index (χ3v) is 5.33. The summed E-state index contributed by atoms with van der Waals surface area (Å²) in [7, 11) is 0. The van der Waals surface area contributed by atoms with Gasteiger partial charge in [0.25, 0.3) is 0 Å². The monoisotopic (exact) mass is 397 g/mol. The molecule has 150 valence electrons. The van der Waals surface area contributed by atoms with Crippen LogP contribution in [-0.2, 0) is 19.1 Å². The van der Waals surface area contributed by atoms with Crippen LogP contribution in [0.25, 0.3) is 0 Å². The highest BCUT2D eigenvalue weighted by Gasteiger charge is 2.30. The van der Waals surface area contributed by atoms with Gasteiger partial charge in [0.1, 0.15) is 0 Å². The topological polar surface area (TPSA) is 29.0 Å². The van der Waals surface area contributed by atoms with E-state index in [4.69, 9.17) is 4.98 Å². The van der Waals surface area contributed by atoms with E-state index in [1.165, 1.54) is 17.7 Å². The predicted octanol–water partition coefficient (Wildman–Crippen LogP) is 5.42. The first-order valence-electron chi connectivity index (χ1n) is 9.74. The quantitative estimate of drug-likeness (QED) is 0.575. The second-order valence-corrected chi connectivity index (χ2v) is 7.41. The van der Waals surface area contributed by atoms with Gasteiger partial charge in [0.15, 0.2) is 0 Å². The molecule has 4 rings (SSSR count). The first kappa shape index (κ1) is 19.6. The van der Waals surface area contributed by atoms with Gasteiger partial charge in [-0.1, -0.05) is 18.2 Å². The molecule has 0 aliphatic carbocycles. The largest absolute Gasteiger partial charge is 0.416 e. The molecule has 0 bridgehead atoms. The van der Waals surface area contributed by atoms with Crippen molar-refractivity contribution in [3.8, 4) is 0 Å². The van der Waals surface area contributed by atoms with Crippen LogP contribution in [0.2, 0.25) is 0 Å². The van der Waals surface area contributed by atoms with E-state index in [9.17, 15) is 13.2 Å². The number of benzene rings is 1. The number of nitrogens with zero attached hydrogens (tertiary/aromatic N) is 3. The van der Waals surface area contributed by atoms with Crippen LogP contribution in [0.3, 0.4) is 0 Å². The lowest BCUT2D eigenvalue weighted by molar-refractivity contribution is -0.137. The van der Waals surface area contributed by atoms with Gasteiger partial charge in [-0.25, -0.2) is 0 Å². The van der Waals surface area contributed by atoms with Crippen molar-refractivity contribution in [1.82, 2.24) is 14.9 Å². The number of halogens is 3. The molecule has 3 heterocycles. The summed E-state index contributed by atoms with van der Waals surface area (Å²) in [6.07, 6.45) is 2.01. The molecule has 1 fully saturated rings. The van der Waals surface area contributed by atoms with Gasteiger partial charge in [-0.2, -0.15) is 13.2 Å². The van der Waals surface area contributed by atoms with Crippen molar-refractivity contribution in [2.45, 2.75) is 38.0 Å². The molecule has 1 aliphatic heterocycles. The summed E-state index contributed by atoms with van der Waals surface area (Å²) in [5.74, 6) is 0. The standard InChI is InChI=1S/C23H22F3N3/c24-23(25,26)19-8-6-17(7-9-19)15-20-3-1-4-21(28-20)22-5-2-14-29(22)16-18-10-12-27-13-11-18/h1,3-4,6-13,22H,2,5,14-16H2/t22-/m1/s1. The molecule has 1 atom stereocenters. The molecule has 3 aromatic rings. The summed E-state index contributed by atoms with van der Waals surface area (Å²) >= 11 is 0. The van der Waals surface area contributed by atoms with E-state index in [-0.39, 0.29) is 6.04 Å². The van der Waals surface area contributed by atoms with E-state index >= 15 is 0 Å². The molecule has 1 aliphatic rings. The highest BCUT2D eigenvalue weighted by atomic mass is 19.4. The number of hydrogen-bond donors (Lipinski definition) is 0. The number of aromatic nitrogens is 2. The highest BCUT2D eigenvalue weighted by Crippen LogP contribution is 2.32. The maximum atomic E-state index is 12.7. The van der Waals surface area contributed by atoms with E-state index in [0.717, 1.165) is 55.0 Å². The molecule has 0 saturated carbocycles. The van der Waals surface area contributed by atoms with Crippen molar-refractivity contribution in [1.29, 1.82) is 0 Å². The lowest BCUT2D eigenvalue weighted by atomic mass is 10.0. The molecule has 2 aromatic heterocycles. The van der Waals surface area contributed by atoms with Crippen LogP contribution in [0.15, 0.2) is 67.0 Å². The summed E-state index contributed by atoms with van der Waals surface area (Å²) in [5, 5.41) is 0. The minimum atomic E-state index is -4.31. The zero-order valence-corrected chi connectivity index (χ0v) is 15.9. The van der Waals surface area contributed by atoms with Gasteiger partial charge in [0, 0.05) is 31.1 Å². The zero-order valence-electron chi connectivity index (χ0n) is 15.9. The molecule has 0 amide bonds. The second-order valence-electron chi connectivity index (χ2n) is 7.41. The fraction of sp³-hybridized carbons (Fsp3) is 0.304. The Morgan fingerprint density at radius 3 is 2.41 bits per heavy atom. The fourth-order valence-corrected chi connectivity index (χ4v) is 3.88. The van der Waals surface area contributed by atoms with Crippen molar-refractivity contribution >= 4 is 0 Å². The minimum absolute atomic E-state index is 0.260. The van der Waals surface area contributed by atoms with Crippen LogP contribution in [-0.4, -0.2) is 21.4 Å². The van der Waals surface area contributed by atoms with Gasteiger partial charge in [0.2, 0.25) is 0 Å². The Morgan fingerprint density at radius 1 is 0.931 bits per heavy atom. The van der Waals surface area contributed by atoms with E-state index in [2.05, 4.69) is 9.88 Å². The molecule has 29 heavy (non-hydrogen) atoms. The molecule has 0 unspecified atom stereocenters. The van der Waals surface area contributed by atoms with Gasteiger partial charge < -0.3 is 0 Å². The summed E-state index contributed by atoms with van der Waals surface area (Å²) in [6.45, 7) is 1.88. The number of alkyl halides is 3.